The van der Waals surface area contributed by atoms with Gasteiger partial charge in [0.05, 0.1) is 0 Å². The van der Waals surface area contributed by atoms with E-state index in [0.717, 1.165) is 5.56 Å². The molecule has 0 saturated heterocycles. The van der Waals surface area contributed by atoms with Crippen molar-refractivity contribution in [1.29, 1.82) is 0 Å². The number of nitrogens with zero attached hydrogens (tertiary/aromatic N) is 2. The van der Waals surface area contributed by atoms with Gasteiger partial charge in [0, 0.05) is 23.7 Å². The molecule has 5 heteroatoms. The zero-order chi connectivity index (χ0) is 10.8. The third-order valence-corrected chi connectivity index (χ3v) is 1.98. The predicted molar refractivity (Wildman–Crippen MR) is 54.4 cm³/mol. The molecule has 0 fully saturated rings. The molecule has 0 bridgehead atoms. The fraction of sp³-hybridized carbons (Fsp3) is 0.300. The Balaban J connectivity index is 2.37. The first-order valence-corrected chi connectivity index (χ1v) is 4.69. The Kier molecular flexibility index (Phi) is 2.37. The van der Waals surface area contributed by atoms with Gasteiger partial charge in [-0.05, 0) is 6.07 Å². The average Bonchev–Trinajstić information content (AvgIpc) is 2.68. The summed E-state index contributed by atoms with van der Waals surface area (Å²) >= 11 is 0. The van der Waals surface area contributed by atoms with Crippen molar-refractivity contribution in [2.75, 3.05) is 0 Å². The van der Waals surface area contributed by atoms with Crippen LogP contribution in [0.25, 0.3) is 11.4 Å². The molecule has 2 aromatic rings. The molecule has 78 valence electrons. The van der Waals surface area contributed by atoms with Gasteiger partial charge in [-0.3, -0.25) is 4.79 Å². The zero-order valence-electron chi connectivity index (χ0n) is 8.52. The molecule has 15 heavy (non-hydrogen) atoms. The van der Waals surface area contributed by atoms with E-state index in [1.165, 1.54) is 6.07 Å². The van der Waals surface area contributed by atoms with Gasteiger partial charge in [0.15, 0.2) is 0 Å². The van der Waals surface area contributed by atoms with Gasteiger partial charge in [-0.25, -0.2) is 0 Å². The van der Waals surface area contributed by atoms with Gasteiger partial charge in [0.2, 0.25) is 17.3 Å². The Hall–Kier alpha value is -1.91. The Labute approximate surface area is 86.1 Å². The second-order valence-corrected chi connectivity index (χ2v) is 3.55. The highest BCUT2D eigenvalue weighted by molar-refractivity contribution is 5.51. The predicted octanol–water partition coefficient (Wildman–Crippen LogP) is 1.55. The minimum Gasteiger partial charge on any atom is -0.339 e. The molecule has 2 rings (SSSR count). The summed E-state index contributed by atoms with van der Waals surface area (Å²) in [5.74, 6) is 1.29. The van der Waals surface area contributed by atoms with Crippen LogP contribution < -0.4 is 5.56 Å². The number of H-pyrrole nitrogens is 1. The summed E-state index contributed by atoms with van der Waals surface area (Å²) in [6.07, 6.45) is 1.57. The Morgan fingerprint density at radius 2 is 2.20 bits per heavy atom. The van der Waals surface area contributed by atoms with Gasteiger partial charge < -0.3 is 9.51 Å². The van der Waals surface area contributed by atoms with E-state index in [9.17, 15) is 4.79 Å². The molecule has 0 amide bonds. The second kappa shape index (κ2) is 3.68. The monoisotopic (exact) mass is 205 g/mol. The summed E-state index contributed by atoms with van der Waals surface area (Å²) in [5.41, 5.74) is 0.594. The zero-order valence-corrected chi connectivity index (χ0v) is 8.52. The van der Waals surface area contributed by atoms with Gasteiger partial charge in [0.1, 0.15) is 0 Å². The fourth-order valence-electron chi connectivity index (χ4n) is 1.14. The van der Waals surface area contributed by atoms with E-state index in [1.54, 1.807) is 12.3 Å². The van der Waals surface area contributed by atoms with E-state index in [1.807, 2.05) is 13.8 Å². The lowest BCUT2D eigenvalue weighted by Crippen LogP contribution is -2.01. The number of rotatable bonds is 2. The summed E-state index contributed by atoms with van der Waals surface area (Å²) in [7, 11) is 0. The molecule has 0 spiro atoms. The minimum atomic E-state index is -0.147. The highest BCUT2D eigenvalue weighted by Crippen LogP contribution is 2.17. The maximum atomic E-state index is 10.8. The molecule has 0 aliphatic carbocycles. The standard InChI is InChI=1S/C10H11N3O2/c1-6(2)10-12-9(13-15-10)7-3-4-8(14)11-5-7/h3-6H,1-2H3,(H,11,14). The average molecular weight is 205 g/mol. The van der Waals surface area contributed by atoms with Crippen LogP contribution in [0.1, 0.15) is 25.7 Å². The van der Waals surface area contributed by atoms with Crippen LogP contribution in [-0.4, -0.2) is 15.1 Å². The highest BCUT2D eigenvalue weighted by atomic mass is 16.5. The molecule has 0 aromatic carbocycles. The molecule has 0 radical (unpaired) electrons. The van der Waals surface area contributed by atoms with E-state index in [2.05, 4.69) is 15.1 Å². The number of hydrogen-bond donors (Lipinski definition) is 1. The SMILES string of the molecule is CC(C)c1nc(-c2ccc(=O)[nH]c2)no1. The first-order chi connectivity index (χ1) is 7.16. The maximum Gasteiger partial charge on any atom is 0.247 e. The van der Waals surface area contributed by atoms with Crippen molar-refractivity contribution in [3.63, 3.8) is 0 Å². The largest absolute Gasteiger partial charge is 0.339 e. The molecule has 0 atom stereocenters. The lowest BCUT2D eigenvalue weighted by molar-refractivity contribution is 0.365. The van der Waals surface area contributed by atoms with Crippen LogP contribution in [-0.2, 0) is 0 Å². The summed E-state index contributed by atoms with van der Waals surface area (Å²) in [6.45, 7) is 3.95. The summed E-state index contributed by atoms with van der Waals surface area (Å²) in [4.78, 5) is 17.6. The quantitative estimate of drug-likeness (QED) is 0.807. The van der Waals surface area contributed by atoms with Crippen molar-refractivity contribution in [2.45, 2.75) is 19.8 Å². The van der Waals surface area contributed by atoms with Gasteiger partial charge in [-0.1, -0.05) is 19.0 Å². The molecular weight excluding hydrogens is 194 g/mol. The lowest BCUT2D eigenvalue weighted by atomic mass is 10.2. The topological polar surface area (TPSA) is 71.8 Å². The van der Waals surface area contributed by atoms with Crippen LogP contribution >= 0.6 is 0 Å². The minimum absolute atomic E-state index is 0.147. The molecular formula is C10H11N3O2. The number of aromatic amines is 1. The summed E-state index contributed by atoms with van der Waals surface area (Å²) < 4.78 is 5.06. The molecule has 2 heterocycles. The van der Waals surface area contributed by atoms with Crippen molar-refractivity contribution >= 4 is 0 Å². The van der Waals surface area contributed by atoms with Gasteiger partial charge in [-0.15, -0.1) is 0 Å². The van der Waals surface area contributed by atoms with Crippen molar-refractivity contribution < 1.29 is 4.52 Å². The molecule has 0 unspecified atom stereocenters. The van der Waals surface area contributed by atoms with Crippen LogP contribution in [0.15, 0.2) is 27.6 Å². The summed E-state index contributed by atoms with van der Waals surface area (Å²) in [6, 6.07) is 3.09. The number of pyridine rings is 1. The third kappa shape index (κ3) is 1.96. The van der Waals surface area contributed by atoms with E-state index in [0.29, 0.717) is 11.7 Å². The van der Waals surface area contributed by atoms with Crippen LogP contribution in [0, 0.1) is 0 Å². The van der Waals surface area contributed by atoms with Gasteiger partial charge in [-0.2, -0.15) is 4.98 Å². The first kappa shape index (κ1) is 9.64. The molecule has 0 saturated carbocycles. The Morgan fingerprint density at radius 1 is 1.40 bits per heavy atom. The highest BCUT2D eigenvalue weighted by Gasteiger charge is 2.10. The van der Waals surface area contributed by atoms with Crippen molar-refractivity contribution in [3.05, 3.63) is 34.6 Å². The summed E-state index contributed by atoms with van der Waals surface area (Å²) in [5, 5.41) is 3.83. The Bertz CT molecular complexity index is 493. The first-order valence-electron chi connectivity index (χ1n) is 4.69. The smallest absolute Gasteiger partial charge is 0.247 e. The third-order valence-electron chi connectivity index (χ3n) is 1.98. The molecule has 1 N–H and O–H groups in total. The lowest BCUT2D eigenvalue weighted by Gasteiger charge is -1.93. The van der Waals surface area contributed by atoms with E-state index in [4.69, 9.17) is 4.52 Å². The van der Waals surface area contributed by atoms with E-state index >= 15 is 0 Å². The fourth-order valence-corrected chi connectivity index (χ4v) is 1.14. The van der Waals surface area contributed by atoms with Crippen LogP contribution in [0.3, 0.4) is 0 Å². The normalized spacial score (nSPS) is 10.9. The van der Waals surface area contributed by atoms with Crippen molar-refractivity contribution in [3.8, 4) is 11.4 Å². The van der Waals surface area contributed by atoms with Crippen molar-refractivity contribution in [2.24, 2.45) is 0 Å². The van der Waals surface area contributed by atoms with Gasteiger partial charge in [0.25, 0.3) is 0 Å². The molecule has 0 aliphatic heterocycles. The van der Waals surface area contributed by atoms with E-state index in [-0.39, 0.29) is 11.5 Å². The van der Waals surface area contributed by atoms with Crippen LogP contribution in [0.4, 0.5) is 0 Å². The van der Waals surface area contributed by atoms with Gasteiger partial charge >= 0.3 is 0 Å². The van der Waals surface area contributed by atoms with Crippen molar-refractivity contribution in [1.82, 2.24) is 15.1 Å². The van der Waals surface area contributed by atoms with E-state index < -0.39 is 0 Å². The Morgan fingerprint density at radius 3 is 2.73 bits per heavy atom. The molecule has 5 nitrogen and oxygen atoms in total. The maximum absolute atomic E-state index is 10.8. The van der Waals surface area contributed by atoms with Crippen LogP contribution in [0.2, 0.25) is 0 Å². The molecule has 2 aromatic heterocycles. The van der Waals surface area contributed by atoms with Crippen LogP contribution in [0.5, 0.6) is 0 Å². The number of nitrogens with one attached hydrogen (secondary N) is 1. The number of hydrogen-bond acceptors (Lipinski definition) is 4. The number of aromatic nitrogens is 3. The molecule has 0 aliphatic rings. The second-order valence-electron chi connectivity index (χ2n) is 3.55.